The third-order valence-electron chi connectivity index (χ3n) is 3.43. The summed E-state index contributed by atoms with van der Waals surface area (Å²) < 4.78 is 1.57. The van der Waals surface area contributed by atoms with Crippen molar-refractivity contribution in [3.05, 3.63) is 11.9 Å². The number of nitrogens with zero attached hydrogens (tertiary/aromatic N) is 4. The van der Waals surface area contributed by atoms with E-state index >= 15 is 0 Å². The van der Waals surface area contributed by atoms with Crippen molar-refractivity contribution in [2.24, 2.45) is 5.84 Å². The Balaban J connectivity index is 1.90. The predicted octanol–water partition coefficient (Wildman–Crippen LogP) is -1.91. The molecule has 0 saturated carbocycles. The first-order chi connectivity index (χ1) is 9.65. The number of carbonyl (C=O) groups is 2. The van der Waals surface area contributed by atoms with Gasteiger partial charge in [0.2, 0.25) is 5.91 Å². The van der Waals surface area contributed by atoms with Crippen molar-refractivity contribution < 1.29 is 9.59 Å². The summed E-state index contributed by atoms with van der Waals surface area (Å²) in [7, 11) is 1.65. The Bertz CT molecular complexity index is 487. The number of nitrogens with one attached hydrogen (secondary N) is 2. The molecule has 1 saturated heterocycles. The summed E-state index contributed by atoms with van der Waals surface area (Å²) in [6, 6.07) is -0.0738. The number of nitrogen functional groups attached to an aromatic ring is 1. The highest BCUT2D eigenvalue weighted by molar-refractivity contribution is 5.91. The number of hydrogen-bond donors (Lipinski definition) is 3. The van der Waals surface area contributed by atoms with Gasteiger partial charge in [-0.3, -0.25) is 24.6 Å². The molecule has 9 heteroatoms. The first kappa shape index (κ1) is 14.4. The molecule has 1 aromatic rings. The number of amides is 2. The fourth-order valence-corrected chi connectivity index (χ4v) is 2.37. The van der Waals surface area contributed by atoms with E-state index in [0.29, 0.717) is 13.1 Å². The van der Waals surface area contributed by atoms with Crippen LogP contribution in [0.5, 0.6) is 0 Å². The van der Waals surface area contributed by atoms with Gasteiger partial charge in [0.1, 0.15) is 0 Å². The highest BCUT2D eigenvalue weighted by atomic mass is 16.2. The Morgan fingerprint density at radius 2 is 2.30 bits per heavy atom. The van der Waals surface area contributed by atoms with Crippen LogP contribution in [0.1, 0.15) is 23.3 Å². The number of hydrazine groups is 1. The van der Waals surface area contributed by atoms with E-state index in [9.17, 15) is 9.59 Å². The average molecular weight is 281 g/mol. The summed E-state index contributed by atoms with van der Waals surface area (Å²) in [5.74, 6) is 4.60. The number of carbonyl (C=O) groups excluding carboxylic acids is 2. The predicted molar refractivity (Wildman–Crippen MR) is 70.3 cm³/mol. The minimum atomic E-state index is -0.472. The molecule has 2 heterocycles. The van der Waals surface area contributed by atoms with Crippen molar-refractivity contribution in [3.8, 4) is 0 Å². The molecule has 20 heavy (non-hydrogen) atoms. The van der Waals surface area contributed by atoms with Gasteiger partial charge in [0.25, 0.3) is 5.91 Å². The van der Waals surface area contributed by atoms with Gasteiger partial charge < -0.3 is 5.32 Å². The number of likely N-dealkylation sites (tertiary alicyclic amines) is 1. The summed E-state index contributed by atoms with van der Waals surface area (Å²) >= 11 is 0. The maximum absolute atomic E-state index is 11.7. The van der Waals surface area contributed by atoms with Crippen molar-refractivity contribution in [2.75, 3.05) is 20.1 Å². The van der Waals surface area contributed by atoms with Crippen LogP contribution in [0.25, 0.3) is 0 Å². The van der Waals surface area contributed by atoms with E-state index < -0.39 is 5.91 Å². The topological polar surface area (TPSA) is 118 Å². The zero-order valence-electron chi connectivity index (χ0n) is 11.4. The highest BCUT2D eigenvalue weighted by Gasteiger charge is 2.29. The SMILES string of the molecule is CNC(=O)C1CCCN1CCn1cc(C(=O)NN)nn1. The molecule has 1 aliphatic heterocycles. The minimum Gasteiger partial charge on any atom is -0.358 e. The number of hydrogen-bond acceptors (Lipinski definition) is 6. The molecule has 0 aliphatic carbocycles. The smallest absolute Gasteiger partial charge is 0.287 e. The van der Waals surface area contributed by atoms with Crippen molar-refractivity contribution >= 4 is 11.8 Å². The number of aromatic nitrogens is 3. The summed E-state index contributed by atoms with van der Waals surface area (Å²) in [4.78, 5) is 25.1. The summed E-state index contributed by atoms with van der Waals surface area (Å²) in [6.45, 7) is 2.15. The molecule has 2 rings (SSSR count). The van der Waals surface area contributed by atoms with Gasteiger partial charge in [0.15, 0.2) is 5.69 Å². The van der Waals surface area contributed by atoms with Gasteiger partial charge in [0.05, 0.1) is 18.8 Å². The van der Waals surface area contributed by atoms with Crippen LogP contribution in [0.4, 0.5) is 0 Å². The van der Waals surface area contributed by atoms with Gasteiger partial charge in [-0.1, -0.05) is 5.21 Å². The van der Waals surface area contributed by atoms with Crippen LogP contribution in [0, 0.1) is 0 Å². The van der Waals surface area contributed by atoms with Gasteiger partial charge >= 0.3 is 0 Å². The van der Waals surface area contributed by atoms with Crippen LogP contribution in [0.15, 0.2) is 6.20 Å². The molecule has 0 bridgehead atoms. The fraction of sp³-hybridized carbons (Fsp3) is 0.636. The molecule has 1 unspecified atom stereocenters. The molecule has 0 spiro atoms. The molecule has 0 aromatic carbocycles. The third-order valence-corrected chi connectivity index (χ3v) is 3.43. The van der Waals surface area contributed by atoms with E-state index in [1.165, 1.54) is 6.20 Å². The van der Waals surface area contributed by atoms with Crippen LogP contribution in [0.2, 0.25) is 0 Å². The maximum atomic E-state index is 11.7. The largest absolute Gasteiger partial charge is 0.358 e. The van der Waals surface area contributed by atoms with Gasteiger partial charge in [-0.25, -0.2) is 5.84 Å². The Kier molecular flexibility index (Phi) is 4.64. The van der Waals surface area contributed by atoms with E-state index in [-0.39, 0.29) is 17.6 Å². The number of likely N-dealkylation sites (N-methyl/N-ethyl adjacent to an activating group) is 1. The third kappa shape index (κ3) is 3.11. The second-order valence-corrected chi connectivity index (χ2v) is 4.65. The van der Waals surface area contributed by atoms with E-state index in [1.54, 1.807) is 11.7 Å². The zero-order valence-corrected chi connectivity index (χ0v) is 11.4. The molecule has 1 fully saturated rings. The van der Waals surface area contributed by atoms with Crippen LogP contribution >= 0.6 is 0 Å². The lowest BCUT2D eigenvalue weighted by Gasteiger charge is -2.22. The lowest BCUT2D eigenvalue weighted by molar-refractivity contribution is -0.125. The van der Waals surface area contributed by atoms with E-state index in [4.69, 9.17) is 5.84 Å². The fourth-order valence-electron chi connectivity index (χ4n) is 2.37. The number of rotatable bonds is 5. The van der Waals surface area contributed by atoms with Gasteiger partial charge in [-0.05, 0) is 19.4 Å². The molecule has 1 aliphatic rings. The Hall–Kier alpha value is -2.00. The standard InChI is InChI=1S/C11H19N7O2/c1-13-11(20)9-3-2-4-17(9)5-6-18-7-8(15-16-18)10(19)14-12/h7,9H,2-6,12H2,1H3,(H,13,20)(H,14,19). The van der Waals surface area contributed by atoms with Crippen LogP contribution < -0.4 is 16.6 Å². The van der Waals surface area contributed by atoms with Crippen molar-refractivity contribution in [2.45, 2.75) is 25.4 Å². The molecular formula is C11H19N7O2. The Morgan fingerprint density at radius 3 is 3.00 bits per heavy atom. The van der Waals surface area contributed by atoms with Crippen LogP contribution in [-0.2, 0) is 11.3 Å². The van der Waals surface area contributed by atoms with Crippen LogP contribution in [0.3, 0.4) is 0 Å². The van der Waals surface area contributed by atoms with Gasteiger partial charge in [0, 0.05) is 13.6 Å². The summed E-state index contributed by atoms with van der Waals surface area (Å²) in [6.07, 6.45) is 3.42. The lowest BCUT2D eigenvalue weighted by Crippen LogP contribution is -2.43. The molecule has 2 amide bonds. The van der Waals surface area contributed by atoms with Crippen molar-refractivity contribution in [1.29, 1.82) is 0 Å². The summed E-state index contributed by atoms with van der Waals surface area (Å²) in [5.41, 5.74) is 2.18. The molecule has 9 nitrogen and oxygen atoms in total. The van der Waals surface area contributed by atoms with Crippen LogP contribution in [-0.4, -0.2) is 57.9 Å². The molecule has 4 N–H and O–H groups in total. The monoisotopic (exact) mass is 281 g/mol. The van der Waals surface area contributed by atoms with E-state index in [0.717, 1.165) is 19.4 Å². The number of nitrogens with two attached hydrogens (primary N) is 1. The summed E-state index contributed by atoms with van der Waals surface area (Å²) in [5, 5.41) is 10.3. The van der Waals surface area contributed by atoms with Crippen molar-refractivity contribution in [1.82, 2.24) is 30.6 Å². The lowest BCUT2D eigenvalue weighted by atomic mass is 10.2. The normalized spacial score (nSPS) is 19.0. The van der Waals surface area contributed by atoms with E-state index in [2.05, 4.69) is 20.5 Å². The minimum absolute atomic E-state index is 0.0456. The zero-order chi connectivity index (χ0) is 14.5. The van der Waals surface area contributed by atoms with Gasteiger partial charge in [-0.15, -0.1) is 5.10 Å². The second kappa shape index (κ2) is 6.44. The molecule has 1 aromatic heterocycles. The Labute approximate surface area is 116 Å². The van der Waals surface area contributed by atoms with E-state index in [1.807, 2.05) is 5.43 Å². The molecular weight excluding hydrogens is 262 g/mol. The maximum Gasteiger partial charge on any atom is 0.287 e. The highest BCUT2D eigenvalue weighted by Crippen LogP contribution is 2.16. The quantitative estimate of drug-likeness (QED) is 0.329. The average Bonchev–Trinajstić information content (AvgIpc) is 3.12. The first-order valence-electron chi connectivity index (χ1n) is 6.52. The molecule has 0 radical (unpaired) electrons. The van der Waals surface area contributed by atoms with Crippen molar-refractivity contribution in [3.63, 3.8) is 0 Å². The Morgan fingerprint density at radius 1 is 1.50 bits per heavy atom. The molecule has 1 atom stereocenters. The second-order valence-electron chi connectivity index (χ2n) is 4.65. The van der Waals surface area contributed by atoms with Gasteiger partial charge in [-0.2, -0.15) is 0 Å². The molecule has 110 valence electrons. The first-order valence-corrected chi connectivity index (χ1v) is 6.52.